The van der Waals surface area contributed by atoms with E-state index in [1.165, 1.54) is 25.1 Å². The molecule has 0 aliphatic carbocycles. The number of benzene rings is 1. The molecule has 1 aromatic heterocycles. The Balaban J connectivity index is 2.03. The Kier molecular flexibility index (Phi) is 5.27. The van der Waals surface area contributed by atoms with Crippen molar-refractivity contribution in [1.29, 1.82) is 5.26 Å². The molecule has 0 saturated carbocycles. The van der Waals surface area contributed by atoms with Crippen LogP contribution in [0.4, 0.5) is 5.69 Å². The van der Waals surface area contributed by atoms with Gasteiger partial charge in [-0.3, -0.25) is 14.9 Å². The van der Waals surface area contributed by atoms with Gasteiger partial charge in [-0.15, -0.1) is 10.2 Å². The topological polar surface area (TPSA) is 135 Å². The van der Waals surface area contributed by atoms with Gasteiger partial charge in [-0.05, 0) is 13.0 Å². The smallest absolute Gasteiger partial charge is 0.277 e. The van der Waals surface area contributed by atoms with Gasteiger partial charge in [-0.1, -0.05) is 17.8 Å². The number of carbonyl (C=O) groups excluding carboxylic acids is 1. The number of hydrogen-bond donors (Lipinski definition) is 1. The van der Waals surface area contributed by atoms with Crippen LogP contribution in [0.3, 0.4) is 0 Å². The largest absolute Gasteiger partial charge is 0.414 e. The predicted octanol–water partition coefficient (Wildman–Crippen LogP) is 1.83. The van der Waals surface area contributed by atoms with Gasteiger partial charge in [0.05, 0.1) is 23.3 Å². The summed E-state index contributed by atoms with van der Waals surface area (Å²) in [5.41, 5.74) is 0.370. The zero-order chi connectivity index (χ0) is 16.8. The Morgan fingerprint density at radius 3 is 3.00 bits per heavy atom. The molecule has 0 atom stereocenters. The zero-order valence-electron chi connectivity index (χ0n) is 12.0. The van der Waals surface area contributed by atoms with E-state index in [0.717, 1.165) is 11.8 Å². The van der Waals surface area contributed by atoms with Gasteiger partial charge in [0.1, 0.15) is 0 Å². The zero-order valence-corrected chi connectivity index (χ0v) is 12.8. The molecule has 2 aromatic rings. The number of nitriles is 1. The normalized spacial score (nSPS) is 10.1. The molecule has 23 heavy (non-hydrogen) atoms. The fourth-order valence-electron chi connectivity index (χ4n) is 1.78. The van der Waals surface area contributed by atoms with Crippen molar-refractivity contribution in [2.45, 2.75) is 18.7 Å². The minimum absolute atomic E-state index is 0.0128. The van der Waals surface area contributed by atoms with E-state index in [4.69, 9.17) is 9.68 Å². The first-order chi connectivity index (χ1) is 11.0. The maximum atomic E-state index is 12.1. The van der Waals surface area contributed by atoms with Gasteiger partial charge >= 0.3 is 0 Å². The van der Waals surface area contributed by atoms with Gasteiger partial charge in [-0.25, -0.2) is 0 Å². The molecule has 1 aromatic carbocycles. The first kappa shape index (κ1) is 16.4. The van der Waals surface area contributed by atoms with E-state index >= 15 is 0 Å². The average molecular weight is 333 g/mol. The van der Waals surface area contributed by atoms with Crippen LogP contribution in [0.25, 0.3) is 0 Å². The van der Waals surface area contributed by atoms with Gasteiger partial charge in [0.2, 0.25) is 5.89 Å². The van der Waals surface area contributed by atoms with Crippen molar-refractivity contribution in [2.75, 3.05) is 5.75 Å². The molecule has 0 bridgehead atoms. The lowest BCUT2D eigenvalue weighted by Crippen LogP contribution is -2.24. The maximum absolute atomic E-state index is 12.1. The van der Waals surface area contributed by atoms with Crippen LogP contribution in [0.15, 0.2) is 27.8 Å². The van der Waals surface area contributed by atoms with Crippen LogP contribution in [-0.2, 0) is 6.54 Å². The number of hydrogen-bond acceptors (Lipinski definition) is 8. The van der Waals surface area contributed by atoms with E-state index in [-0.39, 0.29) is 40.2 Å². The number of carbonyl (C=O) groups is 1. The summed E-state index contributed by atoms with van der Waals surface area (Å²) in [6.45, 7) is 1.50. The Morgan fingerprint density at radius 1 is 1.52 bits per heavy atom. The molecule has 0 aliphatic rings. The van der Waals surface area contributed by atoms with Gasteiger partial charge in [0, 0.05) is 17.2 Å². The number of thioether (sulfide) groups is 1. The summed E-state index contributed by atoms with van der Waals surface area (Å²) < 4.78 is 5.23. The second-order valence-corrected chi connectivity index (χ2v) is 5.22. The number of nitrogens with one attached hydrogen (secondary N) is 1. The third-order valence-electron chi connectivity index (χ3n) is 2.86. The summed E-state index contributed by atoms with van der Waals surface area (Å²) in [5.74, 6) is -0.113. The number of nitro groups is 1. The summed E-state index contributed by atoms with van der Waals surface area (Å²) in [4.78, 5) is 22.5. The van der Waals surface area contributed by atoms with E-state index in [0.29, 0.717) is 0 Å². The molecule has 1 heterocycles. The molecule has 0 radical (unpaired) electrons. The number of aromatic nitrogens is 2. The van der Waals surface area contributed by atoms with Crippen LogP contribution in [-0.4, -0.2) is 26.8 Å². The molecular weight excluding hydrogens is 322 g/mol. The van der Waals surface area contributed by atoms with Gasteiger partial charge in [0.25, 0.3) is 16.8 Å². The predicted molar refractivity (Wildman–Crippen MR) is 79.6 cm³/mol. The number of nitrogens with zero attached hydrogens (tertiary/aromatic N) is 4. The summed E-state index contributed by atoms with van der Waals surface area (Å²) in [5, 5.41) is 29.6. The highest BCUT2D eigenvalue weighted by molar-refractivity contribution is 7.99. The highest BCUT2D eigenvalue weighted by Crippen LogP contribution is 2.21. The van der Waals surface area contributed by atoms with Crippen molar-refractivity contribution in [3.05, 3.63) is 45.3 Å². The van der Waals surface area contributed by atoms with Crippen LogP contribution in [0.5, 0.6) is 0 Å². The van der Waals surface area contributed by atoms with Gasteiger partial charge < -0.3 is 9.73 Å². The molecular formula is C13H11N5O4S. The highest BCUT2D eigenvalue weighted by atomic mass is 32.2. The van der Waals surface area contributed by atoms with Gasteiger partial charge in [-0.2, -0.15) is 5.26 Å². The molecule has 0 unspecified atom stereocenters. The maximum Gasteiger partial charge on any atom is 0.277 e. The minimum atomic E-state index is -0.539. The monoisotopic (exact) mass is 333 g/mol. The second kappa shape index (κ2) is 7.37. The second-order valence-electron chi connectivity index (χ2n) is 4.30. The molecule has 1 N–H and O–H groups in total. The van der Waals surface area contributed by atoms with Crippen LogP contribution >= 0.6 is 11.8 Å². The average Bonchev–Trinajstić information content (AvgIpc) is 2.98. The summed E-state index contributed by atoms with van der Waals surface area (Å²) in [7, 11) is 0. The van der Waals surface area contributed by atoms with E-state index in [1.807, 2.05) is 6.07 Å². The molecule has 0 fully saturated rings. The first-order valence-electron chi connectivity index (χ1n) is 6.37. The minimum Gasteiger partial charge on any atom is -0.414 e. The van der Waals surface area contributed by atoms with E-state index in [1.54, 1.807) is 0 Å². The van der Waals surface area contributed by atoms with E-state index in [2.05, 4.69) is 15.5 Å². The standard InChI is InChI=1S/C13H11N5O4S/c1-8-9(3-2-4-10(8)18(20)21)12(19)15-7-11-16-17-13(22-11)23-6-5-14/h2-4H,6-7H2,1H3,(H,15,19). The molecule has 0 aliphatic heterocycles. The van der Waals surface area contributed by atoms with Crippen molar-refractivity contribution < 1.29 is 14.1 Å². The lowest BCUT2D eigenvalue weighted by atomic mass is 10.1. The molecule has 0 saturated heterocycles. The van der Waals surface area contributed by atoms with Gasteiger partial charge in [0.15, 0.2) is 0 Å². The number of amides is 1. The molecule has 118 valence electrons. The van der Waals surface area contributed by atoms with E-state index in [9.17, 15) is 14.9 Å². The molecule has 2 rings (SSSR count). The van der Waals surface area contributed by atoms with Crippen molar-refractivity contribution in [3.63, 3.8) is 0 Å². The SMILES string of the molecule is Cc1c(C(=O)NCc2nnc(SCC#N)o2)cccc1[N+](=O)[O-]. The fraction of sp³-hybridized carbons (Fsp3) is 0.231. The Bertz CT molecular complexity index is 783. The lowest BCUT2D eigenvalue weighted by Gasteiger charge is -2.06. The van der Waals surface area contributed by atoms with Crippen LogP contribution in [0.2, 0.25) is 0 Å². The summed E-state index contributed by atoms with van der Waals surface area (Å²) in [6.07, 6.45) is 0. The van der Waals surface area contributed by atoms with E-state index < -0.39 is 10.8 Å². The van der Waals surface area contributed by atoms with Crippen molar-refractivity contribution >= 4 is 23.4 Å². The molecule has 10 heteroatoms. The first-order valence-corrected chi connectivity index (χ1v) is 7.36. The van der Waals surface area contributed by atoms with Crippen molar-refractivity contribution in [2.24, 2.45) is 0 Å². The quantitative estimate of drug-likeness (QED) is 0.480. The molecule has 0 spiro atoms. The highest BCUT2D eigenvalue weighted by Gasteiger charge is 2.18. The molecule has 9 nitrogen and oxygen atoms in total. The van der Waals surface area contributed by atoms with Crippen LogP contribution < -0.4 is 5.32 Å². The Labute approximate surface area is 134 Å². The summed E-state index contributed by atoms with van der Waals surface area (Å²) in [6, 6.07) is 6.21. The van der Waals surface area contributed by atoms with Crippen molar-refractivity contribution in [3.8, 4) is 6.07 Å². The number of rotatable bonds is 6. The Hall–Kier alpha value is -2.93. The molecule has 1 amide bonds. The third kappa shape index (κ3) is 4.04. The lowest BCUT2D eigenvalue weighted by molar-refractivity contribution is -0.385. The van der Waals surface area contributed by atoms with Crippen LogP contribution in [0.1, 0.15) is 21.8 Å². The third-order valence-corrected chi connectivity index (χ3v) is 3.54. The number of nitro benzene ring substituents is 1. The summed E-state index contributed by atoms with van der Waals surface area (Å²) >= 11 is 1.09. The Morgan fingerprint density at radius 2 is 2.30 bits per heavy atom. The van der Waals surface area contributed by atoms with Crippen LogP contribution in [0, 0.1) is 28.4 Å². The van der Waals surface area contributed by atoms with Crippen molar-refractivity contribution in [1.82, 2.24) is 15.5 Å². The fourth-order valence-corrected chi connectivity index (χ4v) is 2.22.